The standard InChI is InChI=1S/C17H19ClN4OS/c1-10(19-3)9-20-16(23)15-8-14-11(2)21-22(17(14)24-15)13-6-4-12(18)5-7-13/h4-8,10,19H,9H2,1-3H3,(H,20,23). The SMILES string of the molecule is CNC(C)CNC(=O)c1cc2c(C)nn(-c3ccc(Cl)cc3)c2s1. The fourth-order valence-corrected chi connectivity index (χ4v) is 3.58. The van der Waals surface area contributed by atoms with E-state index in [9.17, 15) is 4.79 Å². The van der Waals surface area contributed by atoms with Gasteiger partial charge in [0.1, 0.15) is 4.83 Å². The molecule has 0 saturated heterocycles. The zero-order valence-corrected chi connectivity index (χ0v) is 15.3. The van der Waals surface area contributed by atoms with Gasteiger partial charge in [-0.2, -0.15) is 5.10 Å². The van der Waals surface area contributed by atoms with Gasteiger partial charge in [-0.15, -0.1) is 11.3 Å². The second-order valence-corrected chi connectivity index (χ2v) is 7.17. The number of carbonyl (C=O) groups excluding carboxylic acids is 1. The largest absolute Gasteiger partial charge is 0.350 e. The summed E-state index contributed by atoms with van der Waals surface area (Å²) in [6, 6.07) is 9.65. The number of aryl methyl sites for hydroxylation is 1. The molecule has 0 spiro atoms. The maximum absolute atomic E-state index is 12.4. The summed E-state index contributed by atoms with van der Waals surface area (Å²) in [7, 11) is 1.88. The van der Waals surface area contributed by atoms with Gasteiger partial charge in [-0.3, -0.25) is 4.79 Å². The van der Waals surface area contributed by atoms with Gasteiger partial charge >= 0.3 is 0 Å². The van der Waals surface area contributed by atoms with Crippen molar-refractivity contribution in [2.45, 2.75) is 19.9 Å². The molecular weight excluding hydrogens is 344 g/mol. The number of aromatic nitrogens is 2. The minimum absolute atomic E-state index is 0.0552. The van der Waals surface area contributed by atoms with Crippen LogP contribution in [0, 0.1) is 6.92 Å². The number of halogens is 1. The number of likely N-dealkylation sites (N-methyl/N-ethyl adjacent to an activating group) is 1. The third kappa shape index (κ3) is 3.31. The highest BCUT2D eigenvalue weighted by molar-refractivity contribution is 7.20. The Bertz CT molecular complexity index is 869. The lowest BCUT2D eigenvalue weighted by Gasteiger charge is -2.10. The number of nitrogens with zero attached hydrogens (tertiary/aromatic N) is 2. The molecule has 3 rings (SSSR count). The smallest absolute Gasteiger partial charge is 0.261 e. The number of hydrogen-bond donors (Lipinski definition) is 2. The van der Waals surface area contributed by atoms with Crippen molar-refractivity contribution in [2.75, 3.05) is 13.6 Å². The van der Waals surface area contributed by atoms with Crippen LogP contribution in [0.5, 0.6) is 0 Å². The first-order valence-electron chi connectivity index (χ1n) is 7.70. The van der Waals surface area contributed by atoms with E-state index in [1.807, 2.05) is 55.9 Å². The quantitative estimate of drug-likeness (QED) is 0.731. The molecular formula is C17H19ClN4OS. The van der Waals surface area contributed by atoms with Crippen molar-refractivity contribution in [3.8, 4) is 5.69 Å². The number of hydrogen-bond acceptors (Lipinski definition) is 4. The summed E-state index contributed by atoms with van der Waals surface area (Å²) in [5.74, 6) is -0.0552. The zero-order valence-electron chi connectivity index (χ0n) is 13.8. The van der Waals surface area contributed by atoms with E-state index in [0.29, 0.717) is 16.4 Å². The van der Waals surface area contributed by atoms with Gasteiger partial charge in [0.15, 0.2) is 0 Å². The second-order valence-electron chi connectivity index (χ2n) is 5.70. The van der Waals surface area contributed by atoms with Crippen LogP contribution >= 0.6 is 22.9 Å². The van der Waals surface area contributed by atoms with Crippen LogP contribution < -0.4 is 10.6 Å². The van der Waals surface area contributed by atoms with Crippen molar-refractivity contribution in [1.82, 2.24) is 20.4 Å². The molecule has 1 atom stereocenters. The number of fused-ring (bicyclic) bond motifs is 1. The molecule has 1 aromatic carbocycles. The highest BCUT2D eigenvalue weighted by Gasteiger charge is 2.17. The third-order valence-corrected chi connectivity index (χ3v) is 5.26. The Morgan fingerprint density at radius 3 is 2.75 bits per heavy atom. The van der Waals surface area contributed by atoms with Gasteiger partial charge in [-0.25, -0.2) is 4.68 Å². The van der Waals surface area contributed by atoms with Crippen LogP contribution in [0.3, 0.4) is 0 Å². The second kappa shape index (κ2) is 6.93. The van der Waals surface area contributed by atoms with Crippen molar-refractivity contribution in [2.24, 2.45) is 0 Å². The molecule has 0 aliphatic carbocycles. The van der Waals surface area contributed by atoms with E-state index in [2.05, 4.69) is 15.7 Å². The Balaban J connectivity index is 1.92. The lowest BCUT2D eigenvalue weighted by Crippen LogP contribution is -2.36. The zero-order chi connectivity index (χ0) is 17.3. The fourth-order valence-electron chi connectivity index (χ4n) is 2.35. The third-order valence-electron chi connectivity index (χ3n) is 3.90. The molecule has 0 bridgehead atoms. The molecule has 7 heteroatoms. The van der Waals surface area contributed by atoms with Crippen LogP contribution in [0.15, 0.2) is 30.3 Å². The first-order chi connectivity index (χ1) is 11.5. The Hall–Kier alpha value is -1.89. The summed E-state index contributed by atoms with van der Waals surface area (Å²) >= 11 is 7.40. The number of thiophene rings is 1. The topological polar surface area (TPSA) is 58.9 Å². The van der Waals surface area contributed by atoms with Crippen molar-refractivity contribution >= 4 is 39.1 Å². The summed E-state index contributed by atoms with van der Waals surface area (Å²) in [6.45, 7) is 4.56. The molecule has 0 fully saturated rings. The summed E-state index contributed by atoms with van der Waals surface area (Å²) < 4.78 is 1.86. The van der Waals surface area contributed by atoms with E-state index in [0.717, 1.165) is 21.6 Å². The molecule has 2 N–H and O–H groups in total. The number of benzene rings is 1. The van der Waals surface area contributed by atoms with Gasteiger partial charge in [0.25, 0.3) is 5.91 Å². The van der Waals surface area contributed by atoms with E-state index >= 15 is 0 Å². The lowest BCUT2D eigenvalue weighted by atomic mass is 10.3. The van der Waals surface area contributed by atoms with Crippen LogP contribution in [-0.4, -0.2) is 35.3 Å². The number of nitrogens with one attached hydrogen (secondary N) is 2. The van der Waals surface area contributed by atoms with Crippen molar-refractivity contribution in [3.63, 3.8) is 0 Å². The van der Waals surface area contributed by atoms with Gasteiger partial charge in [-0.05, 0) is 51.2 Å². The maximum Gasteiger partial charge on any atom is 0.261 e. The van der Waals surface area contributed by atoms with Crippen molar-refractivity contribution in [1.29, 1.82) is 0 Å². The summed E-state index contributed by atoms with van der Waals surface area (Å²) in [6.07, 6.45) is 0. The van der Waals surface area contributed by atoms with E-state index in [1.165, 1.54) is 11.3 Å². The summed E-state index contributed by atoms with van der Waals surface area (Å²) in [5, 5.41) is 12.3. The number of carbonyl (C=O) groups is 1. The Labute approximate surface area is 149 Å². The maximum atomic E-state index is 12.4. The minimum atomic E-state index is -0.0552. The Kier molecular flexibility index (Phi) is 4.89. The van der Waals surface area contributed by atoms with Crippen LogP contribution in [0.2, 0.25) is 5.02 Å². The molecule has 0 aliphatic heterocycles. The molecule has 1 amide bonds. The van der Waals surface area contributed by atoms with Gasteiger partial charge < -0.3 is 10.6 Å². The number of rotatable bonds is 5. The molecule has 5 nitrogen and oxygen atoms in total. The molecule has 1 unspecified atom stereocenters. The molecule has 2 heterocycles. The van der Waals surface area contributed by atoms with Gasteiger partial charge in [0.05, 0.1) is 16.3 Å². The molecule has 3 aromatic rings. The number of amides is 1. The van der Waals surface area contributed by atoms with Crippen molar-refractivity contribution in [3.05, 3.63) is 45.9 Å². The average Bonchev–Trinajstić information content (AvgIpc) is 3.14. The van der Waals surface area contributed by atoms with E-state index in [1.54, 1.807) is 0 Å². The predicted octanol–water partition coefficient (Wildman–Crippen LogP) is 3.39. The monoisotopic (exact) mass is 362 g/mol. The summed E-state index contributed by atoms with van der Waals surface area (Å²) in [4.78, 5) is 14.0. The van der Waals surface area contributed by atoms with E-state index < -0.39 is 0 Å². The Morgan fingerprint density at radius 2 is 2.08 bits per heavy atom. The van der Waals surface area contributed by atoms with Gasteiger partial charge in [0, 0.05) is 23.0 Å². The molecule has 0 aliphatic rings. The minimum Gasteiger partial charge on any atom is -0.350 e. The van der Waals surface area contributed by atoms with E-state index in [-0.39, 0.29) is 11.9 Å². The first kappa shape index (κ1) is 17.0. The fraction of sp³-hybridized carbons (Fsp3) is 0.294. The first-order valence-corrected chi connectivity index (χ1v) is 8.89. The highest BCUT2D eigenvalue weighted by atomic mass is 35.5. The van der Waals surface area contributed by atoms with Crippen LogP contribution in [0.4, 0.5) is 0 Å². The Morgan fingerprint density at radius 1 is 1.38 bits per heavy atom. The lowest BCUT2D eigenvalue weighted by molar-refractivity contribution is 0.0954. The van der Waals surface area contributed by atoms with Crippen LogP contribution in [-0.2, 0) is 0 Å². The molecule has 0 radical (unpaired) electrons. The molecule has 2 aromatic heterocycles. The van der Waals surface area contributed by atoms with Gasteiger partial charge in [-0.1, -0.05) is 11.6 Å². The summed E-state index contributed by atoms with van der Waals surface area (Å²) in [5.41, 5.74) is 1.83. The molecule has 126 valence electrons. The van der Waals surface area contributed by atoms with Crippen LogP contribution in [0.25, 0.3) is 15.9 Å². The van der Waals surface area contributed by atoms with Gasteiger partial charge in [0.2, 0.25) is 0 Å². The highest BCUT2D eigenvalue weighted by Crippen LogP contribution is 2.30. The predicted molar refractivity (Wildman–Crippen MR) is 99.5 cm³/mol. The average molecular weight is 363 g/mol. The van der Waals surface area contributed by atoms with Crippen LogP contribution in [0.1, 0.15) is 22.3 Å². The van der Waals surface area contributed by atoms with E-state index in [4.69, 9.17) is 11.6 Å². The normalized spacial score (nSPS) is 12.5. The molecule has 0 saturated carbocycles. The molecule has 24 heavy (non-hydrogen) atoms. The van der Waals surface area contributed by atoms with Crippen molar-refractivity contribution < 1.29 is 4.79 Å².